The topological polar surface area (TPSA) is 121 Å². The Balaban J connectivity index is 1.65. The van der Waals surface area contributed by atoms with Gasteiger partial charge in [-0.15, -0.1) is 11.3 Å². The molecule has 7 nitrogen and oxygen atoms in total. The smallest absolute Gasteiger partial charge is 0.335 e. The maximum Gasteiger partial charge on any atom is 0.335 e. The van der Waals surface area contributed by atoms with Crippen LogP contribution in [0.4, 0.5) is 0 Å². The average Bonchev–Trinajstić information content (AvgIpc) is 3.11. The van der Waals surface area contributed by atoms with Crippen molar-refractivity contribution in [3.05, 3.63) is 77.9 Å². The van der Waals surface area contributed by atoms with Gasteiger partial charge in [0.15, 0.2) is 0 Å². The number of rotatable bonds is 7. The van der Waals surface area contributed by atoms with E-state index in [4.69, 9.17) is 5.11 Å². The predicted molar refractivity (Wildman–Crippen MR) is 116 cm³/mol. The van der Waals surface area contributed by atoms with E-state index >= 15 is 0 Å². The number of thiophene rings is 1. The standard InChI is InChI=1S/C22H19NO6S2/c1-21(16-8-3-2-4-9-16)13-22(21,20(26)27)23-31(28,29)18-11-10-17(30-18)14-6-5-7-15(12-14)19(24)25/h2-12,23H,13H2,1H3,(H,24,25)(H,26,27)/t21-,22+/m0/s1. The lowest BCUT2D eigenvalue weighted by molar-refractivity contribution is -0.140. The molecule has 1 aromatic heterocycles. The Morgan fingerprint density at radius 3 is 2.35 bits per heavy atom. The number of carbonyl (C=O) groups is 2. The molecule has 1 saturated carbocycles. The highest BCUT2D eigenvalue weighted by molar-refractivity contribution is 7.91. The summed E-state index contributed by atoms with van der Waals surface area (Å²) in [5.74, 6) is -2.31. The lowest BCUT2D eigenvalue weighted by Gasteiger charge is -2.20. The molecule has 2 atom stereocenters. The third-order valence-electron chi connectivity index (χ3n) is 5.76. The SMILES string of the molecule is C[C@@]1(c2ccccc2)C[C@@]1(NS(=O)(=O)c1ccc(-c2cccc(C(=O)O)c2)s1)C(=O)O. The number of hydrogen-bond donors (Lipinski definition) is 3. The Hall–Kier alpha value is -3.01. The van der Waals surface area contributed by atoms with Crippen molar-refractivity contribution in [2.75, 3.05) is 0 Å². The van der Waals surface area contributed by atoms with Gasteiger partial charge in [-0.25, -0.2) is 13.2 Å². The Morgan fingerprint density at radius 1 is 1.00 bits per heavy atom. The van der Waals surface area contributed by atoms with Crippen LogP contribution < -0.4 is 4.72 Å². The minimum atomic E-state index is -4.12. The van der Waals surface area contributed by atoms with Crippen LogP contribution in [0.15, 0.2) is 70.9 Å². The van der Waals surface area contributed by atoms with Crippen molar-refractivity contribution in [2.45, 2.75) is 28.5 Å². The van der Waals surface area contributed by atoms with E-state index in [0.717, 1.165) is 16.9 Å². The van der Waals surface area contributed by atoms with Gasteiger partial charge >= 0.3 is 11.9 Å². The van der Waals surface area contributed by atoms with Crippen molar-refractivity contribution in [3.63, 3.8) is 0 Å². The zero-order valence-corrected chi connectivity index (χ0v) is 18.0. The fourth-order valence-corrected chi connectivity index (χ4v) is 6.61. The molecule has 2 aromatic carbocycles. The fraction of sp³-hybridized carbons (Fsp3) is 0.182. The molecule has 31 heavy (non-hydrogen) atoms. The second-order valence-electron chi connectivity index (χ2n) is 7.70. The molecule has 0 spiro atoms. The maximum absolute atomic E-state index is 13.1. The summed E-state index contributed by atoms with van der Waals surface area (Å²) in [5, 5.41) is 19.1. The summed E-state index contributed by atoms with van der Waals surface area (Å²) >= 11 is 0.953. The molecule has 9 heteroatoms. The molecule has 1 aliphatic rings. The van der Waals surface area contributed by atoms with Crippen LogP contribution in [0.1, 0.15) is 29.3 Å². The average molecular weight is 458 g/mol. The first-order valence-electron chi connectivity index (χ1n) is 9.36. The minimum Gasteiger partial charge on any atom is -0.480 e. The van der Waals surface area contributed by atoms with E-state index in [1.807, 2.05) is 6.07 Å². The number of aromatic carboxylic acids is 1. The molecule has 0 bridgehead atoms. The quantitative estimate of drug-likeness (QED) is 0.499. The van der Waals surface area contributed by atoms with E-state index in [1.54, 1.807) is 49.4 Å². The van der Waals surface area contributed by atoms with E-state index in [-0.39, 0.29) is 16.2 Å². The minimum absolute atomic E-state index is 0.0360. The first-order chi connectivity index (χ1) is 14.6. The number of carboxylic acid groups (broad SMARTS) is 2. The van der Waals surface area contributed by atoms with E-state index in [9.17, 15) is 23.1 Å². The third kappa shape index (κ3) is 3.54. The highest BCUT2D eigenvalue weighted by atomic mass is 32.2. The number of hydrogen-bond acceptors (Lipinski definition) is 5. The van der Waals surface area contributed by atoms with Gasteiger partial charge in [0.25, 0.3) is 10.0 Å². The molecule has 3 aromatic rings. The number of benzene rings is 2. The van der Waals surface area contributed by atoms with Crippen LogP contribution in [0.25, 0.3) is 10.4 Å². The third-order valence-corrected chi connectivity index (χ3v) is 8.88. The number of sulfonamides is 1. The molecule has 4 rings (SSSR count). The van der Waals surface area contributed by atoms with Crippen LogP contribution in [0.2, 0.25) is 0 Å². The molecule has 0 unspecified atom stereocenters. The van der Waals surface area contributed by atoms with Gasteiger partial charge in [-0.1, -0.05) is 49.4 Å². The van der Waals surface area contributed by atoms with Crippen LogP contribution in [-0.4, -0.2) is 36.1 Å². The van der Waals surface area contributed by atoms with Crippen LogP contribution in [0, 0.1) is 0 Å². The fourth-order valence-electron chi connectivity index (χ4n) is 3.85. The Bertz CT molecular complexity index is 1280. The van der Waals surface area contributed by atoms with Crippen molar-refractivity contribution in [1.29, 1.82) is 0 Å². The van der Waals surface area contributed by atoms with Crippen molar-refractivity contribution < 1.29 is 28.2 Å². The Morgan fingerprint density at radius 2 is 1.71 bits per heavy atom. The molecular weight excluding hydrogens is 438 g/mol. The van der Waals surface area contributed by atoms with Crippen molar-refractivity contribution in [2.24, 2.45) is 0 Å². The number of aliphatic carboxylic acids is 1. The summed E-state index contributed by atoms with van der Waals surface area (Å²) in [6.07, 6.45) is 0.136. The summed E-state index contributed by atoms with van der Waals surface area (Å²) < 4.78 is 28.5. The highest BCUT2D eigenvalue weighted by Gasteiger charge is 2.72. The van der Waals surface area contributed by atoms with Crippen LogP contribution >= 0.6 is 11.3 Å². The molecule has 1 heterocycles. The lowest BCUT2D eigenvalue weighted by atomic mass is 9.93. The zero-order chi connectivity index (χ0) is 22.4. The van der Waals surface area contributed by atoms with Gasteiger partial charge in [0, 0.05) is 10.3 Å². The molecule has 1 aliphatic carbocycles. The zero-order valence-electron chi connectivity index (χ0n) is 16.4. The summed E-state index contributed by atoms with van der Waals surface area (Å²) in [5.41, 5.74) is -1.10. The van der Waals surface area contributed by atoms with Gasteiger partial charge in [-0.2, -0.15) is 4.72 Å². The number of nitrogens with one attached hydrogen (secondary N) is 1. The maximum atomic E-state index is 13.1. The van der Waals surface area contributed by atoms with Crippen LogP contribution in [-0.2, 0) is 20.2 Å². The molecule has 1 fully saturated rings. The summed E-state index contributed by atoms with van der Waals surface area (Å²) in [4.78, 5) is 23.9. The molecule has 3 N–H and O–H groups in total. The summed E-state index contributed by atoms with van der Waals surface area (Å²) in [6, 6.07) is 18.1. The van der Waals surface area contributed by atoms with Gasteiger partial charge in [-0.05, 0) is 41.8 Å². The van der Waals surface area contributed by atoms with E-state index in [1.165, 1.54) is 18.2 Å². The van der Waals surface area contributed by atoms with E-state index in [2.05, 4.69) is 4.72 Å². The van der Waals surface area contributed by atoms with Crippen molar-refractivity contribution in [3.8, 4) is 10.4 Å². The molecular formula is C22H19NO6S2. The van der Waals surface area contributed by atoms with Gasteiger partial charge in [-0.3, -0.25) is 4.79 Å². The number of carboxylic acids is 2. The summed E-state index contributed by atoms with van der Waals surface area (Å²) in [7, 11) is -4.12. The summed E-state index contributed by atoms with van der Waals surface area (Å²) in [6.45, 7) is 1.73. The van der Waals surface area contributed by atoms with Gasteiger partial charge in [0.2, 0.25) is 0 Å². The predicted octanol–water partition coefficient (Wildman–Crippen LogP) is 3.58. The van der Waals surface area contributed by atoms with E-state index < -0.39 is 32.9 Å². The van der Waals surface area contributed by atoms with Crippen molar-refractivity contribution in [1.82, 2.24) is 4.72 Å². The normalized spacial score (nSPS) is 22.7. The highest BCUT2D eigenvalue weighted by Crippen LogP contribution is 2.58. The first kappa shape index (κ1) is 21.2. The van der Waals surface area contributed by atoms with E-state index in [0.29, 0.717) is 10.4 Å². The monoisotopic (exact) mass is 457 g/mol. The molecule has 160 valence electrons. The van der Waals surface area contributed by atoms with Crippen molar-refractivity contribution >= 4 is 33.3 Å². The van der Waals surface area contributed by atoms with Crippen LogP contribution in [0.5, 0.6) is 0 Å². The molecule has 0 aliphatic heterocycles. The van der Waals surface area contributed by atoms with Gasteiger partial charge in [0.05, 0.1) is 5.56 Å². The second-order valence-corrected chi connectivity index (χ2v) is 10.7. The molecule has 0 radical (unpaired) electrons. The van der Waals surface area contributed by atoms with Gasteiger partial charge in [0.1, 0.15) is 9.75 Å². The first-order valence-corrected chi connectivity index (χ1v) is 11.7. The second kappa shape index (κ2) is 7.30. The molecule has 0 saturated heterocycles. The van der Waals surface area contributed by atoms with Gasteiger partial charge < -0.3 is 10.2 Å². The Kier molecular flexibility index (Phi) is 5.00. The molecule has 0 amide bonds. The van der Waals surface area contributed by atoms with Crippen LogP contribution in [0.3, 0.4) is 0 Å². The largest absolute Gasteiger partial charge is 0.480 e. The Labute approximate surface area is 183 Å². The lowest BCUT2D eigenvalue weighted by Crippen LogP contribution is -2.47.